The molecular formula is C11H10BrF2NO. The van der Waals surface area contributed by atoms with Crippen LogP contribution in [0.25, 0.3) is 0 Å². The van der Waals surface area contributed by atoms with Gasteiger partial charge in [0, 0.05) is 32.0 Å². The normalized spacial score (nSPS) is 16.7. The summed E-state index contributed by atoms with van der Waals surface area (Å²) in [6, 6.07) is 2.27. The standard InChI is InChI=1S/C11H10BrF2NO/c12-8-5-10(14)11(6-9(8)13)15-3-1-7(16)2-4-15/h5-6H,1-4H2. The van der Waals surface area contributed by atoms with Crippen LogP contribution in [0.4, 0.5) is 14.5 Å². The van der Waals surface area contributed by atoms with E-state index in [1.165, 1.54) is 0 Å². The van der Waals surface area contributed by atoms with Crippen LogP contribution in [-0.2, 0) is 4.79 Å². The van der Waals surface area contributed by atoms with Gasteiger partial charge in [0.05, 0.1) is 10.2 Å². The summed E-state index contributed by atoms with van der Waals surface area (Å²) in [6.07, 6.45) is 0.800. The first-order valence-corrected chi connectivity index (χ1v) is 5.78. The van der Waals surface area contributed by atoms with E-state index < -0.39 is 11.6 Å². The van der Waals surface area contributed by atoms with Crippen LogP contribution in [0, 0.1) is 11.6 Å². The van der Waals surface area contributed by atoms with Gasteiger partial charge in [0.2, 0.25) is 0 Å². The van der Waals surface area contributed by atoms with Gasteiger partial charge in [-0.3, -0.25) is 4.79 Å². The van der Waals surface area contributed by atoms with Crippen molar-refractivity contribution >= 4 is 27.4 Å². The Morgan fingerprint density at radius 3 is 2.38 bits per heavy atom. The van der Waals surface area contributed by atoms with Crippen molar-refractivity contribution in [1.29, 1.82) is 0 Å². The Labute approximate surface area is 100 Å². The lowest BCUT2D eigenvalue weighted by Crippen LogP contribution is -2.34. The molecular weight excluding hydrogens is 280 g/mol. The molecule has 1 aliphatic rings. The van der Waals surface area contributed by atoms with E-state index in [1.54, 1.807) is 4.90 Å². The van der Waals surface area contributed by atoms with Crippen molar-refractivity contribution in [3.8, 4) is 0 Å². The number of hydrogen-bond acceptors (Lipinski definition) is 2. The van der Waals surface area contributed by atoms with E-state index in [-0.39, 0.29) is 15.9 Å². The van der Waals surface area contributed by atoms with Crippen molar-refractivity contribution in [1.82, 2.24) is 0 Å². The molecule has 0 aliphatic carbocycles. The predicted molar refractivity (Wildman–Crippen MR) is 60.5 cm³/mol. The van der Waals surface area contributed by atoms with Crippen LogP contribution >= 0.6 is 15.9 Å². The fourth-order valence-electron chi connectivity index (χ4n) is 1.75. The van der Waals surface area contributed by atoms with Crippen LogP contribution in [0.1, 0.15) is 12.8 Å². The Morgan fingerprint density at radius 1 is 1.12 bits per heavy atom. The number of hydrogen-bond donors (Lipinski definition) is 0. The van der Waals surface area contributed by atoms with Crippen molar-refractivity contribution in [3.05, 3.63) is 28.2 Å². The van der Waals surface area contributed by atoms with E-state index in [0.29, 0.717) is 25.9 Å². The minimum atomic E-state index is -0.492. The number of rotatable bonds is 1. The molecule has 86 valence electrons. The van der Waals surface area contributed by atoms with E-state index in [2.05, 4.69) is 15.9 Å². The van der Waals surface area contributed by atoms with E-state index in [0.717, 1.165) is 12.1 Å². The molecule has 0 radical (unpaired) electrons. The highest BCUT2D eigenvalue weighted by molar-refractivity contribution is 9.10. The number of carbonyl (C=O) groups excluding carboxylic acids is 1. The molecule has 1 aliphatic heterocycles. The lowest BCUT2D eigenvalue weighted by atomic mass is 10.1. The fraction of sp³-hybridized carbons (Fsp3) is 0.364. The fourth-order valence-corrected chi connectivity index (χ4v) is 2.07. The lowest BCUT2D eigenvalue weighted by Gasteiger charge is -2.28. The number of nitrogens with zero attached hydrogens (tertiary/aromatic N) is 1. The maximum Gasteiger partial charge on any atom is 0.147 e. The van der Waals surface area contributed by atoms with E-state index in [9.17, 15) is 13.6 Å². The smallest absolute Gasteiger partial charge is 0.147 e. The molecule has 0 amide bonds. The Bertz CT molecular complexity index is 426. The minimum Gasteiger partial charge on any atom is -0.368 e. The second-order valence-electron chi connectivity index (χ2n) is 3.74. The van der Waals surface area contributed by atoms with Gasteiger partial charge in [0.15, 0.2) is 0 Å². The number of Topliss-reactive ketones (excluding diaryl/α,β-unsaturated/α-hetero) is 1. The van der Waals surface area contributed by atoms with Gasteiger partial charge in [-0.05, 0) is 22.0 Å². The second kappa shape index (κ2) is 4.49. The first-order chi connectivity index (χ1) is 7.58. The summed E-state index contributed by atoms with van der Waals surface area (Å²) in [5.41, 5.74) is 0.230. The molecule has 0 aromatic heterocycles. The monoisotopic (exact) mass is 289 g/mol. The summed E-state index contributed by atoms with van der Waals surface area (Å²) in [4.78, 5) is 12.7. The highest BCUT2D eigenvalue weighted by Crippen LogP contribution is 2.27. The first-order valence-electron chi connectivity index (χ1n) is 4.99. The maximum atomic E-state index is 13.6. The van der Waals surface area contributed by atoms with Gasteiger partial charge in [-0.2, -0.15) is 0 Å². The summed E-state index contributed by atoms with van der Waals surface area (Å²) in [6.45, 7) is 0.910. The van der Waals surface area contributed by atoms with Crippen molar-refractivity contribution in [2.24, 2.45) is 0 Å². The number of ketones is 1. The van der Waals surface area contributed by atoms with Gasteiger partial charge >= 0.3 is 0 Å². The summed E-state index contributed by atoms with van der Waals surface area (Å²) in [5.74, 6) is -0.787. The molecule has 0 saturated carbocycles. The zero-order chi connectivity index (χ0) is 11.7. The van der Waals surface area contributed by atoms with Crippen LogP contribution in [0.2, 0.25) is 0 Å². The maximum absolute atomic E-state index is 13.6. The topological polar surface area (TPSA) is 20.3 Å². The number of piperidine rings is 1. The molecule has 1 aromatic carbocycles. The molecule has 2 rings (SSSR count). The largest absolute Gasteiger partial charge is 0.368 e. The van der Waals surface area contributed by atoms with Gasteiger partial charge in [-0.15, -0.1) is 0 Å². The average molecular weight is 290 g/mol. The molecule has 0 unspecified atom stereocenters. The highest BCUT2D eigenvalue weighted by Gasteiger charge is 2.20. The molecule has 1 saturated heterocycles. The van der Waals surface area contributed by atoms with E-state index >= 15 is 0 Å². The Kier molecular flexibility index (Phi) is 3.23. The zero-order valence-electron chi connectivity index (χ0n) is 8.47. The van der Waals surface area contributed by atoms with Crippen LogP contribution < -0.4 is 4.90 Å². The molecule has 1 aromatic rings. The van der Waals surface area contributed by atoms with Gasteiger partial charge in [-0.25, -0.2) is 8.78 Å². The summed E-state index contributed by atoms with van der Waals surface area (Å²) in [7, 11) is 0. The highest BCUT2D eigenvalue weighted by atomic mass is 79.9. The van der Waals surface area contributed by atoms with Gasteiger partial charge in [0.1, 0.15) is 17.4 Å². The molecule has 0 N–H and O–H groups in total. The second-order valence-corrected chi connectivity index (χ2v) is 4.60. The number of halogens is 3. The average Bonchev–Trinajstić information content (AvgIpc) is 2.25. The molecule has 1 fully saturated rings. The molecule has 16 heavy (non-hydrogen) atoms. The van der Waals surface area contributed by atoms with Crippen LogP contribution in [0.15, 0.2) is 16.6 Å². The van der Waals surface area contributed by atoms with Crippen LogP contribution in [0.5, 0.6) is 0 Å². The molecule has 0 bridgehead atoms. The Balaban J connectivity index is 2.26. The van der Waals surface area contributed by atoms with Crippen LogP contribution in [-0.4, -0.2) is 18.9 Å². The summed E-state index contributed by atoms with van der Waals surface area (Å²) < 4.78 is 27.0. The quantitative estimate of drug-likeness (QED) is 0.741. The third-order valence-electron chi connectivity index (χ3n) is 2.65. The Morgan fingerprint density at radius 2 is 1.75 bits per heavy atom. The molecule has 0 atom stereocenters. The zero-order valence-corrected chi connectivity index (χ0v) is 10.1. The third-order valence-corrected chi connectivity index (χ3v) is 3.26. The SMILES string of the molecule is O=C1CCN(c2cc(F)c(Br)cc2F)CC1. The minimum absolute atomic E-state index is 0.113. The number of anilines is 1. The first kappa shape index (κ1) is 11.5. The van der Waals surface area contributed by atoms with Crippen LogP contribution in [0.3, 0.4) is 0 Å². The number of benzene rings is 1. The van der Waals surface area contributed by atoms with Gasteiger partial charge < -0.3 is 4.90 Å². The predicted octanol–water partition coefficient (Wildman–Crippen LogP) is 2.90. The number of carbonyl (C=O) groups is 1. The van der Waals surface area contributed by atoms with Gasteiger partial charge in [0.25, 0.3) is 0 Å². The molecule has 0 spiro atoms. The van der Waals surface area contributed by atoms with E-state index in [4.69, 9.17) is 0 Å². The van der Waals surface area contributed by atoms with Crippen molar-refractivity contribution in [3.63, 3.8) is 0 Å². The molecule has 2 nitrogen and oxygen atoms in total. The van der Waals surface area contributed by atoms with E-state index in [1.807, 2.05) is 0 Å². The summed E-state index contributed by atoms with van der Waals surface area (Å²) >= 11 is 2.93. The molecule has 5 heteroatoms. The van der Waals surface area contributed by atoms with Crippen molar-refractivity contribution in [2.75, 3.05) is 18.0 Å². The molecule has 1 heterocycles. The lowest BCUT2D eigenvalue weighted by molar-refractivity contribution is -0.119. The Hall–Kier alpha value is -0.970. The van der Waals surface area contributed by atoms with Crippen molar-refractivity contribution in [2.45, 2.75) is 12.8 Å². The third kappa shape index (κ3) is 2.24. The summed E-state index contributed by atoms with van der Waals surface area (Å²) in [5, 5.41) is 0. The van der Waals surface area contributed by atoms with Crippen molar-refractivity contribution < 1.29 is 13.6 Å². The van der Waals surface area contributed by atoms with Gasteiger partial charge in [-0.1, -0.05) is 0 Å².